The zero-order valence-corrected chi connectivity index (χ0v) is 6.15. The third-order valence-corrected chi connectivity index (χ3v) is 0. The molecule has 0 atom stereocenters. The second kappa shape index (κ2) is 8.97. The van der Waals surface area contributed by atoms with Crippen LogP contribution in [0.4, 0.5) is 0 Å². The summed E-state index contributed by atoms with van der Waals surface area (Å²) in [6.45, 7) is 0. The second-order valence-electron chi connectivity index (χ2n) is 0.118. The number of hydrogen-bond acceptors (Lipinski definition) is 2. The van der Waals surface area contributed by atoms with Gasteiger partial charge in [0.25, 0.3) is 0 Å². The van der Waals surface area contributed by atoms with E-state index in [1.807, 2.05) is 5.39 Å². The molecular weight excluding hydrogens is 279 g/mol. The summed E-state index contributed by atoms with van der Waals surface area (Å²) in [5, 5.41) is 5.27. The molecule has 0 aliphatic rings. The first-order chi connectivity index (χ1) is 2.41. The van der Waals surface area contributed by atoms with Gasteiger partial charge in [-0.15, -0.1) is 0 Å². The van der Waals surface area contributed by atoms with Gasteiger partial charge in [-0.2, -0.15) is 0 Å². The largest absolute Gasteiger partial charge is 0.329 e. The predicted octanol–water partition coefficient (Wildman–Crippen LogP) is -1.22. The summed E-state index contributed by atoms with van der Waals surface area (Å²) in [6.07, 6.45) is 0. The van der Waals surface area contributed by atoms with Crippen LogP contribution in [0.25, 0.3) is 0 Å². The topological polar surface area (TPSA) is 32.3 Å². The Bertz CT molecular complexity index is 21.0. The molecule has 2 N–H and O–H groups in total. The van der Waals surface area contributed by atoms with Crippen molar-refractivity contribution >= 4 is 7.94 Å². The standard InChI is InChI=1S/BH3NO.U/c1-2-3;/h1-3H;/i1T,3D;. The van der Waals surface area contributed by atoms with Crippen LogP contribution < -0.4 is 5.39 Å². The fraction of sp³-hybridized carbons (Fsp3) is 0. The molecular formula is H3BNOU. The normalized spacial score (nSPS) is 10.0. The fourth-order valence-corrected chi connectivity index (χ4v) is 0. The second-order valence-corrected chi connectivity index (χ2v) is 0.118. The zero-order chi connectivity index (χ0) is 4.12. The van der Waals surface area contributed by atoms with Crippen LogP contribution in [0.3, 0.4) is 0 Å². The monoisotopic (exact) mass is 285 g/mol. The van der Waals surface area contributed by atoms with E-state index in [1.165, 1.54) is 0 Å². The van der Waals surface area contributed by atoms with Gasteiger partial charge in [-0.3, -0.25) is 5.39 Å². The van der Waals surface area contributed by atoms with Crippen LogP contribution in [0.15, 0.2) is 0 Å². The Hall–Kier alpha value is 1.04. The molecule has 0 saturated heterocycles. The van der Waals surface area contributed by atoms with Crippen LogP contribution in [0, 0.1) is 31.1 Å². The average Bonchev–Trinajstić information content (AvgIpc) is 1.41. The molecule has 0 saturated carbocycles. The maximum Gasteiger partial charge on any atom is 0.236 e. The summed E-state index contributed by atoms with van der Waals surface area (Å²) in [6, 6.07) is 0. The number of rotatable bonds is 2. The first-order valence-electron chi connectivity index (χ1n) is 1.48. The van der Waals surface area contributed by atoms with E-state index in [0.717, 1.165) is 7.94 Å². The summed E-state index contributed by atoms with van der Waals surface area (Å²) in [5.74, 6) is 0. The Morgan fingerprint density at radius 2 is 3.50 bits per heavy atom. The van der Waals surface area contributed by atoms with E-state index in [0.29, 0.717) is 0 Å². The minimum atomic E-state index is 0. The molecule has 0 aliphatic carbocycles. The number of nitrogens with one attached hydrogen (secondary N) is 1. The van der Waals surface area contributed by atoms with E-state index in [4.69, 9.17) is 2.77 Å². The molecule has 0 amide bonds. The van der Waals surface area contributed by atoms with Gasteiger partial charge in [-0.25, -0.2) is 0 Å². The average molecular weight is 285 g/mol. The molecule has 0 fully saturated rings. The maximum absolute atomic E-state index is 6.12. The van der Waals surface area contributed by atoms with Crippen molar-refractivity contribution in [3.63, 3.8) is 0 Å². The quantitative estimate of drug-likeness (QED) is 0.492. The van der Waals surface area contributed by atoms with Gasteiger partial charge in [0.2, 0.25) is 9.38 Å². The summed E-state index contributed by atoms with van der Waals surface area (Å²) in [4.78, 5) is 0. The van der Waals surface area contributed by atoms with E-state index in [1.54, 1.807) is 0 Å². The van der Waals surface area contributed by atoms with Gasteiger partial charge in [0.1, 0.15) is 0 Å². The Balaban J connectivity index is 0. The molecule has 0 aromatic carbocycles. The Morgan fingerprint density at radius 3 is 3.50 bits per heavy atom. The van der Waals surface area contributed by atoms with Crippen molar-refractivity contribution in [2.45, 2.75) is 0 Å². The summed E-state index contributed by atoms with van der Waals surface area (Å²) in [5.41, 5.74) is 0. The van der Waals surface area contributed by atoms with Crippen molar-refractivity contribution in [2.75, 3.05) is 0 Å². The van der Waals surface area contributed by atoms with E-state index >= 15 is 0 Å². The van der Waals surface area contributed by atoms with Crippen LogP contribution in [0.2, 0.25) is 1.43 Å². The maximum atomic E-state index is 6.12. The third-order valence-electron chi connectivity index (χ3n) is 0. The van der Waals surface area contributed by atoms with Crippen LogP contribution in [0.5, 0.6) is 0 Å². The smallest absolute Gasteiger partial charge is 0.236 e. The van der Waals surface area contributed by atoms with Gasteiger partial charge >= 0.3 is 0 Å². The van der Waals surface area contributed by atoms with E-state index in [2.05, 4.69) is 5.21 Å². The molecule has 0 aromatic rings. The van der Waals surface area contributed by atoms with Gasteiger partial charge in [0, 0.05) is 31.1 Å². The molecule has 0 aromatic heterocycles. The predicted molar refractivity (Wildman–Crippen MR) is 12.1 cm³/mol. The molecule has 21 valence electrons. The first kappa shape index (κ1) is 3.24. The molecule has 0 heterocycles. The Kier molecular flexibility index (Phi) is 7.26. The van der Waals surface area contributed by atoms with Crippen LogP contribution >= 0.6 is 0 Å². The van der Waals surface area contributed by atoms with Crippen molar-refractivity contribution in [1.29, 1.82) is 1.34 Å². The Morgan fingerprint density at radius 1 is 2.75 bits per heavy atom. The van der Waals surface area contributed by atoms with Gasteiger partial charge in [0.15, 0.2) is 0 Å². The first-order valence-corrected chi connectivity index (χ1v) is 0.493. The minimum Gasteiger partial charge on any atom is -0.329 e. The molecule has 0 aliphatic heterocycles. The third kappa shape index (κ3) is 11.7. The summed E-state index contributed by atoms with van der Waals surface area (Å²) < 4.78 is 12.0. The SMILES string of the molecule is [2H]ON[B][3H].[U]. The van der Waals surface area contributed by atoms with E-state index < -0.39 is 0 Å². The van der Waals surface area contributed by atoms with Crippen LogP contribution in [-0.2, 0) is 0 Å². The van der Waals surface area contributed by atoms with Crippen LogP contribution in [-0.4, -0.2) is 14.5 Å². The van der Waals surface area contributed by atoms with Gasteiger partial charge in [-0.05, 0) is 1.34 Å². The Labute approximate surface area is 52.6 Å². The number of hydrogen-bond donors (Lipinski definition) is 2. The van der Waals surface area contributed by atoms with Crippen molar-refractivity contribution in [2.24, 2.45) is 0 Å². The summed E-state index contributed by atoms with van der Waals surface area (Å²) >= 11 is 0. The van der Waals surface area contributed by atoms with Gasteiger partial charge < -0.3 is 5.21 Å². The van der Waals surface area contributed by atoms with Gasteiger partial charge in [0.05, 0.1) is 0 Å². The summed E-state index contributed by atoms with van der Waals surface area (Å²) in [7, 11) is 0.771. The van der Waals surface area contributed by atoms with Crippen molar-refractivity contribution in [1.82, 2.24) is 5.39 Å². The molecule has 2 nitrogen and oxygen atoms in total. The van der Waals surface area contributed by atoms with Crippen LogP contribution in [0.1, 0.15) is 0 Å². The molecule has 4 heteroatoms. The molecule has 0 spiro atoms. The van der Waals surface area contributed by atoms with E-state index in [9.17, 15) is 0 Å². The van der Waals surface area contributed by atoms with Crippen molar-refractivity contribution in [3.8, 4) is 0 Å². The zero-order valence-electron chi connectivity index (χ0n) is 3.99. The molecule has 1 radical (unpaired) electrons. The minimum absolute atomic E-state index is 0. The molecule has 0 rings (SSSR count). The van der Waals surface area contributed by atoms with E-state index in [-0.39, 0.29) is 31.1 Å². The molecule has 0 bridgehead atoms. The van der Waals surface area contributed by atoms with Crippen molar-refractivity contribution < 1.29 is 37.8 Å². The fourth-order valence-electron chi connectivity index (χ4n) is 0. The van der Waals surface area contributed by atoms with Gasteiger partial charge in [-0.1, -0.05) is 0 Å². The van der Waals surface area contributed by atoms with Crippen molar-refractivity contribution in [3.05, 3.63) is 0 Å². The molecule has 4 heavy (non-hydrogen) atoms. The molecule has 0 unspecified atom stereocenters.